The van der Waals surface area contributed by atoms with Gasteiger partial charge >= 0.3 is 0 Å². The zero-order chi connectivity index (χ0) is 19.6. The van der Waals surface area contributed by atoms with E-state index in [1.807, 2.05) is 12.1 Å². The highest BCUT2D eigenvalue weighted by atomic mass is 32.1. The van der Waals surface area contributed by atoms with E-state index in [1.54, 1.807) is 29.9 Å². The SMILES string of the molecule is Cc1csc2nc(-c3cnccn3)nc(NCCc3ccc4c(c3)OCCO4)c12. The Labute approximate surface area is 171 Å². The molecule has 5 rings (SSSR count). The molecule has 3 aromatic heterocycles. The first-order chi connectivity index (χ1) is 14.3. The summed E-state index contributed by atoms with van der Waals surface area (Å²) in [7, 11) is 0. The van der Waals surface area contributed by atoms with Gasteiger partial charge in [-0.25, -0.2) is 15.0 Å². The Morgan fingerprint density at radius 3 is 2.86 bits per heavy atom. The van der Waals surface area contributed by atoms with Gasteiger partial charge in [-0.1, -0.05) is 6.07 Å². The van der Waals surface area contributed by atoms with Gasteiger partial charge in [0.05, 0.1) is 11.6 Å². The van der Waals surface area contributed by atoms with Crippen molar-refractivity contribution >= 4 is 27.4 Å². The van der Waals surface area contributed by atoms with Crippen LogP contribution in [0.2, 0.25) is 0 Å². The number of nitrogens with one attached hydrogen (secondary N) is 1. The van der Waals surface area contributed by atoms with Crippen molar-refractivity contribution in [1.29, 1.82) is 0 Å². The summed E-state index contributed by atoms with van der Waals surface area (Å²) >= 11 is 1.61. The maximum Gasteiger partial charge on any atom is 0.183 e. The molecule has 0 unspecified atom stereocenters. The van der Waals surface area contributed by atoms with E-state index in [0.717, 1.165) is 46.1 Å². The standard InChI is InChI=1S/C21H19N5O2S/c1-13-12-29-21-18(13)20(25-19(26-21)15-11-22-6-7-23-15)24-5-4-14-2-3-16-17(10-14)28-9-8-27-16/h2-3,6-7,10-12H,4-5,8-9H2,1H3,(H,24,25,26). The van der Waals surface area contributed by atoms with Crippen molar-refractivity contribution in [1.82, 2.24) is 19.9 Å². The second-order valence-corrected chi connectivity index (χ2v) is 7.60. The number of fused-ring (bicyclic) bond motifs is 2. The minimum absolute atomic E-state index is 0.578. The fraction of sp³-hybridized carbons (Fsp3) is 0.238. The van der Waals surface area contributed by atoms with Gasteiger partial charge in [0.2, 0.25) is 0 Å². The average molecular weight is 405 g/mol. The molecular formula is C21H19N5O2S. The predicted octanol–water partition coefficient (Wildman–Crippen LogP) is 3.88. The van der Waals surface area contributed by atoms with Crippen LogP contribution in [0.5, 0.6) is 11.5 Å². The van der Waals surface area contributed by atoms with E-state index in [0.29, 0.717) is 24.7 Å². The summed E-state index contributed by atoms with van der Waals surface area (Å²) in [6, 6.07) is 6.10. The summed E-state index contributed by atoms with van der Waals surface area (Å²) in [5, 5.41) is 6.65. The van der Waals surface area contributed by atoms with Crippen LogP contribution in [-0.2, 0) is 6.42 Å². The van der Waals surface area contributed by atoms with Crippen LogP contribution in [0.15, 0.2) is 42.2 Å². The Hall–Kier alpha value is -3.26. The van der Waals surface area contributed by atoms with Crippen molar-refractivity contribution in [2.75, 3.05) is 25.1 Å². The van der Waals surface area contributed by atoms with Crippen molar-refractivity contribution < 1.29 is 9.47 Å². The van der Waals surface area contributed by atoms with E-state index in [1.165, 1.54) is 5.56 Å². The Morgan fingerprint density at radius 1 is 1.10 bits per heavy atom. The third-order valence-corrected chi connectivity index (χ3v) is 5.71. The number of benzene rings is 1. The monoisotopic (exact) mass is 405 g/mol. The Morgan fingerprint density at radius 2 is 2.00 bits per heavy atom. The lowest BCUT2D eigenvalue weighted by molar-refractivity contribution is 0.171. The van der Waals surface area contributed by atoms with Crippen molar-refractivity contribution in [3.05, 3.63) is 53.3 Å². The molecule has 0 spiro atoms. The van der Waals surface area contributed by atoms with Crippen LogP contribution >= 0.6 is 11.3 Å². The van der Waals surface area contributed by atoms with Gasteiger partial charge < -0.3 is 14.8 Å². The number of hydrogen-bond acceptors (Lipinski definition) is 8. The van der Waals surface area contributed by atoms with Crippen molar-refractivity contribution in [2.45, 2.75) is 13.3 Å². The van der Waals surface area contributed by atoms with Crippen LogP contribution in [0.25, 0.3) is 21.7 Å². The molecule has 1 aliphatic rings. The number of nitrogens with zero attached hydrogens (tertiary/aromatic N) is 4. The summed E-state index contributed by atoms with van der Waals surface area (Å²) in [6.07, 6.45) is 5.81. The Bertz CT molecular complexity index is 1160. The van der Waals surface area contributed by atoms with E-state index in [9.17, 15) is 0 Å². The highest BCUT2D eigenvalue weighted by molar-refractivity contribution is 7.17. The van der Waals surface area contributed by atoms with Crippen LogP contribution in [0.3, 0.4) is 0 Å². The minimum Gasteiger partial charge on any atom is -0.486 e. The van der Waals surface area contributed by atoms with Gasteiger partial charge in [-0.15, -0.1) is 11.3 Å². The quantitative estimate of drug-likeness (QED) is 0.539. The van der Waals surface area contributed by atoms with Crippen LogP contribution in [0, 0.1) is 6.92 Å². The first kappa shape index (κ1) is 17.8. The second kappa shape index (κ2) is 7.63. The molecule has 0 fully saturated rings. The van der Waals surface area contributed by atoms with Crippen LogP contribution in [-0.4, -0.2) is 39.7 Å². The van der Waals surface area contributed by atoms with Gasteiger partial charge in [-0.2, -0.15) is 0 Å². The second-order valence-electron chi connectivity index (χ2n) is 6.74. The van der Waals surface area contributed by atoms with Crippen LogP contribution < -0.4 is 14.8 Å². The third-order valence-electron chi connectivity index (χ3n) is 4.72. The van der Waals surface area contributed by atoms with E-state index in [-0.39, 0.29) is 0 Å². The summed E-state index contributed by atoms with van der Waals surface area (Å²) in [5.41, 5.74) is 3.01. The molecule has 8 heteroatoms. The van der Waals surface area contributed by atoms with E-state index < -0.39 is 0 Å². The number of thiophene rings is 1. The lowest BCUT2D eigenvalue weighted by Crippen LogP contribution is -2.15. The zero-order valence-corrected chi connectivity index (χ0v) is 16.7. The van der Waals surface area contributed by atoms with Gasteiger partial charge in [0.1, 0.15) is 29.6 Å². The molecule has 0 aliphatic carbocycles. The van der Waals surface area contributed by atoms with Crippen molar-refractivity contribution in [2.24, 2.45) is 0 Å². The maximum atomic E-state index is 5.68. The van der Waals surface area contributed by atoms with Crippen LogP contribution in [0.1, 0.15) is 11.1 Å². The number of hydrogen-bond donors (Lipinski definition) is 1. The fourth-order valence-corrected chi connectivity index (χ4v) is 4.23. The summed E-state index contributed by atoms with van der Waals surface area (Å²) in [6.45, 7) is 4.01. The molecule has 7 nitrogen and oxygen atoms in total. The molecule has 1 aromatic carbocycles. The number of aryl methyl sites for hydroxylation is 1. The molecular weight excluding hydrogens is 386 g/mol. The molecule has 0 saturated carbocycles. The molecule has 146 valence electrons. The van der Waals surface area contributed by atoms with Gasteiger partial charge in [-0.05, 0) is 42.0 Å². The molecule has 1 N–H and O–H groups in total. The maximum absolute atomic E-state index is 5.68. The lowest BCUT2D eigenvalue weighted by Gasteiger charge is -2.19. The fourth-order valence-electron chi connectivity index (χ4n) is 3.31. The first-order valence-electron chi connectivity index (χ1n) is 9.42. The summed E-state index contributed by atoms with van der Waals surface area (Å²) in [5.74, 6) is 3.03. The highest BCUT2D eigenvalue weighted by Crippen LogP contribution is 2.32. The number of aromatic nitrogens is 4. The van der Waals surface area contributed by atoms with Crippen molar-refractivity contribution in [3.63, 3.8) is 0 Å². The van der Waals surface area contributed by atoms with Gasteiger partial charge in [0.15, 0.2) is 17.3 Å². The number of rotatable bonds is 5. The summed E-state index contributed by atoms with van der Waals surface area (Å²) < 4.78 is 11.3. The Balaban J connectivity index is 1.39. The summed E-state index contributed by atoms with van der Waals surface area (Å²) in [4.78, 5) is 18.8. The largest absolute Gasteiger partial charge is 0.486 e. The molecule has 0 radical (unpaired) electrons. The molecule has 4 aromatic rings. The number of anilines is 1. The number of ether oxygens (including phenoxy) is 2. The molecule has 29 heavy (non-hydrogen) atoms. The third kappa shape index (κ3) is 3.58. The van der Waals surface area contributed by atoms with Gasteiger partial charge in [0, 0.05) is 18.9 Å². The van der Waals surface area contributed by atoms with Crippen LogP contribution in [0.4, 0.5) is 5.82 Å². The smallest absolute Gasteiger partial charge is 0.183 e. The van der Waals surface area contributed by atoms with Gasteiger partial charge in [0.25, 0.3) is 0 Å². The molecule has 0 saturated heterocycles. The Kier molecular flexibility index (Phi) is 4.69. The molecule has 0 atom stereocenters. The van der Waals surface area contributed by atoms with E-state index in [2.05, 4.69) is 38.6 Å². The molecule has 0 bridgehead atoms. The predicted molar refractivity (Wildman–Crippen MR) is 113 cm³/mol. The first-order valence-corrected chi connectivity index (χ1v) is 10.3. The highest BCUT2D eigenvalue weighted by Gasteiger charge is 2.15. The minimum atomic E-state index is 0.578. The molecule has 0 amide bonds. The average Bonchev–Trinajstić information content (AvgIpc) is 3.15. The topological polar surface area (TPSA) is 82.1 Å². The lowest BCUT2D eigenvalue weighted by atomic mass is 10.1. The van der Waals surface area contributed by atoms with Crippen molar-refractivity contribution in [3.8, 4) is 23.0 Å². The van der Waals surface area contributed by atoms with E-state index >= 15 is 0 Å². The van der Waals surface area contributed by atoms with E-state index in [4.69, 9.17) is 14.5 Å². The zero-order valence-electron chi connectivity index (χ0n) is 15.9. The molecule has 1 aliphatic heterocycles. The normalized spacial score (nSPS) is 12.9. The van der Waals surface area contributed by atoms with Gasteiger partial charge in [-0.3, -0.25) is 4.98 Å². The molecule has 4 heterocycles.